The lowest BCUT2D eigenvalue weighted by molar-refractivity contribution is -0.274. The van der Waals surface area contributed by atoms with Crippen molar-refractivity contribution in [1.29, 1.82) is 0 Å². The first-order valence-corrected chi connectivity index (χ1v) is 14.9. The number of benzene rings is 3. The van der Waals surface area contributed by atoms with Crippen LogP contribution in [0.2, 0.25) is 0 Å². The van der Waals surface area contributed by atoms with E-state index >= 15 is 0 Å². The SMILES string of the molecule is CCCC(CC)CCNS(=O)c1cccc(Nc2ccc(OCc3ccc(OC(F)(F)F)cc3)cc2C(C)C)c1. The molecule has 218 valence electrons. The maximum atomic E-state index is 12.9. The molecule has 0 spiro atoms. The highest BCUT2D eigenvalue weighted by Gasteiger charge is 2.30. The Morgan fingerprint density at radius 1 is 0.925 bits per heavy atom. The molecule has 0 saturated heterocycles. The van der Waals surface area contributed by atoms with Gasteiger partial charge >= 0.3 is 6.36 Å². The molecule has 2 unspecified atom stereocenters. The summed E-state index contributed by atoms with van der Waals surface area (Å²) < 4.78 is 63.0. The fourth-order valence-electron chi connectivity index (χ4n) is 4.42. The van der Waals surface area contributed by atoms with E-state index in [0.717, 1.165) is 35.3 Å². The van der Waals surface area contributed by atoms with Crippen LogP contribution in [0.3, 0.4) is 0 Å². The second-order valence-corrected chi connectivity index (χ2v) is 11.3. The number of hydrogen-bond donors (Lipinski definition) is 2. The average Bonchev–Trinajstić information content (AvgIpc) is 2.92. The van der Waals surface area contributed by atoms with Crippen LogP contribution in [0.5, 0.6) is 11.5 Å². The molecule has 5 nitrogen and oxygen atoms in total. The first-order chi connectivity index (χ1) is 19.1. The Morgan fingerprint density at radius 3 is 2.30 bits per heavy atom. The molecule has 0 aliphatic heterocycles. The summed E-state index contributed by atoms with van der Waals surface area (Å²) in [4.78, 5) is 0.714. The Labute approximate surface area is 238 Å². The van der Waals surface area contributed by atoms with Gasteiger partial charge in [0.15, 0.2) is 0 Å². The maximum absolute atomic E-state index is 12.9. The van der Waals surface area contributed by atoms with Gasteiger partial charge in [-0.1, -0.05) is 65.2 Å². The third-order valence-corrected chi connectivity index (χ3v) is 7.74. The number of halogens is 3. The Morgan fingerprint density at radius 2 is 1.65 bits per heavy atom. The fourth-order valence-corrected chi connectivity index (χ4v) is 5.33. The summed E-state index contributed by atoms with van der Waals surface area (Å²) in [5, 5.41) is 3.45. The molecule has 3 aromatic rings. The van der Waals surface area contributed by atoms with Gasteiger partial charge in [-0.05, 0) is 77.9 Å². The van der Waals surface area contributed by atoms with Crippen molar-refractivity contribution in [2.45, 2.75) is 77.2 Å². The van der Waals surface area contributed by atoms with Gasteiger partial charge in [0.1, 0.15) is 29.1 Å². The summed E-state index contributed by atoms with van der Waals surface area (Å²) in [6.45, 7) is 9.49. The van der Waals surface area contributed by atoms with Crippen LogP contribution in [-0.4, -0.2) is 17.1 Å². The minimum atomic E-state index is -4.72. The second-order valence-electron chi connectivity index (χ2n) is 10.1. The quantitative estimate of drug-likeness (QED) is 0.190. The van der Waals surface area contributed by atoms with E-state index in [9.17, 15) is 17.4 Å². The van der Waals surface area contributed by atoms with Crippen molar-refractivity contribution in [2.75, 3.05) is 11.9 Å². The van der Waals surface area contributed by atoms with Crippen molar-refractivity contribution in [2.24, 2.45) is 5.92 Å². The maximum Gasteiger partial charge on any atom is 0.573 e. The smallest absolute Gasteiger partial charge is 0.489 e. The molecule has 2 N–H and O–H groups in total. The third-order valence-electron chi connectivity index (χ3n) is 6.59. The van der Waals surface area contributed by atoms with E-state index in [-0.39, 0.29) is 18.3 Å². The topological polar surface area (TPSA) is 59.6 Å². The highest BCUT2D eigenvalue weighted by molar-refractivity contribution is 7.83. The summed E-state index contributed by atoms with van der Waals surface area (Å²) in [5.41, 5.74) is 3.51. The van der Waals surface area contributed by atoms with Crippen LogP contribution in [0, 0.1) is 5.92 Å². The molecule has 0 aliphatic rings. The zero-order valence-corrected chi connectivity index (χ0v) is 24.3. The van der Waals surface area contributed by atoms with Crippen molar-refractivity contribution in [3.05, 3.63) is 77.9 Å². The van der Waals surface area contributed by atoms with Gasteiger partial charge in [-0.15, -0.1) is 13.2 Å². The summed E-state index contributed by atoms with van der Waals surface area (Å²) in [5.74, 6) is 1.23. The van der Waals surface area contributed by atoms with Gasteiger partial charge in [-0.25, -0.2) is 8.93 Å². The van der Waals surface area contributed by atoms with E-state index < -0.39 is 17.3 Å². The summed E-state index contributed by atoms with van der Waals surface area (Å²) >= 11 is 0. The molecule has 2 atom stereocenters. The van der Waals surface area contributed by atoms with E-state index in [0.29, 0.717) is 23.1 Å². The molecule has 0 aromatic heterocycles. The summed E-state index contributed by atoms with van der Waals surface area (Å²) in [6.07, 6.45) is -0.211. The Bertz CT molecular complexity index is 1230. The first kappa shape index (κ1) is 31.5. The van der Waals surface area contributed by atoms with Gasteiger partial charge in [0, 0.05) is 17.9 Å². The lowest BCUT2D eigenvalue weighted by Gasteiger charge is -2.17. The van der Waals surface area contributed by atoms with Gasteiger partial charge < -0.3 is 14.8 Å². The lowest BCUT2D eigenvalue weighted by atomic mass is 9.97. The molecule has 3 rings (SSSR count). The van der Waals surface area contributed by atoms with E-state index in [4.69, 9.17) is 4.74 Å². The molecule has 0 saturated carbocycles. The standard InChI is InChI=1S/C31H39F3N2O3S/c1-5-8-23(6-2)17-18-35-40(37)28-10-7-9-25(19-28)36-30-16-15-27(20-29(30)22(3)4)38-21-24-11-13-26(14-12-24)39-31(32,33)34/h7,9-16,19-20,22-23,35-36H,5-6,8,17-18,21H2,1-4H3. The van der Waals surface area contributed by atoms with Crippen LogP contribution in [-0.2, 0) is 17.6 Å². The van der Waals surface area contributed by atoms with Gasteiger partial charge in [-0.2, -0.15) is 0 Å². The molecule has 0 bridgehead atoms. The van der Waals surface area contributed by atoms with Crippen LogP contribution in [0.1, 0.15) is 70.4 Å². The van der Waals surface area contributed by atoms with Crippen molar-refractivity contribution in [3.8, 4) is 11.5 Å². The number of ether oxygens (including phenoxy) is 2. The average molecular weight is 577 g/mol. The zero-order valence-electron chi connectivity index (χ0n) is 23.5. The van der Waals surface area contributed by atoms with Crippen molar-refractivity contribution < 1.29 is 26.9 Å². The van der Waals surface area contributed by atoms with Crippen LogP contribution in [0.15, 0.2) is 71.6 Å². The first-order valence-electron chi connectivity index (χ1n) is 13.7. The summed E-state index contributed by atoms with van der Waals surface area (Å²) in [7, 11) is -1.29. The van der Waals surface area contributed by atoms with E-state index in [1.165, 1.54) is 25.0 Å². The molecule has 3 aromatic carbocycles. The van der Waals surface area contributed by atoms with Gasteiger partial charge in [0.05, 0.1) is 4.90 Å². The third kappa shape index (κ3) is 10.2. The zero-order chi connectivity index (χ0) is 29.1. The van der Waals surface area contributed by atoms with Crippen LogP contribution < -0.4 is 19.5 Å². The summed E-state index contributed by atoms with van der Waals surface area (Å²) in [6, 6.07) is 18.9. The Hall–Kier alpha value is -3.04. The molecule has 0 fully saturated rings. The highest BCUT2D eigenvalue weighted by Crippen LogP contribution is 2.32. The number of nitrogens with one attached hydrogen (secondary N) is 2. The van der Waals surface area contributed by atoms with E-state index in [1.807, 2.05) is 42.5 Å². The van der Waals surface area contributed by atoms with Gasteiger partial charge in [0.25, 0.3) is 0 Å². The molecule has 9 heteroatoms. The van der Waals surface area contributed by atoms with Crippen LogP contribution in [0.4, 0.5) is 24.5 Å². The molecular formula is C31H39F3N2O3S. The van der Waals surface area contributed by atoms with Crippen molar-refractivity contribution >= 4 is 22.4 Å². The Balaban J connectivity index is 1.62. The largest absolute Gasteiger partial charge is 0.573 e. The van der Waals surface area contributed by atoms with Gasteiger partial charge in [0.2, 0.25) is 0 Å². The second kappa shape index (κ2) is 15.1. The molecule has 0 aliphatic carbocycles. The normalized spacial score (nSPS) is 13.2. The van der Waals surface area contributed by atoms with Crippen molar-refractivity contribution in [3.63, 3.8) is 0 Å². The predicted molar refractivity (Wildman–Crippen MR) is 155 cm³/mol. The number of anilines is 2. The minimum absolute atomic E-state index is 0.193. The monoisotopic (exact) mass is 576 g/mol. The molecule has 0 amide bonds. The highest BCUT2D eigenvalue weighted by atomic mass is 32.2. The van der Waals surface area contributed by atoms with E-state index in [1.54, 1.807) is 12.1 Å². The lowest BCUT2D eigenvalue weighted by Crippen LogP contribution is -2.21. The minimum Gasteiger partial charge on any atom is -0.489 e. The molecule has 0 heterocycles. The van der Waals surface area contributed by atoms with Gasteiger partial charge in [-0.3, -0.25) is 0 Å². The Kier molecular flexibility index (Phi) is 11.9. The molecule has 40 heavy (non-hydrogen) atoms. The molecule has 0 radical (unpaired) electrons. The van der Waals surface area contributed by atoms with Crippen LogP contribution in [0.25, 0.3) is 0 Å². The molecular weight excluding hydrogens is 537 g/mol. The predicted octanol–water partition coefficient (Wildman–Crippen LogP) is 8.86. The number of hydrogen-bond acceptors (Lipinski definition) is 4. The fraction of sp³-hybridized carbons (Fsp3) is 0.419. The van der Waals surface area contributed by atoms with Crippen molar-refractivity contribution in [1.82, 2.24) is 4.72 Å². The number of rotatable bonds is 15. The van der Waals surface area contributed by atoms with Crippen LogP contribution >= 0.6 is 0 Å². The number of alkyl halides is 3. The van der Waals surface area contributed by atoms with E-state index in [2.05, 4.69) is 42.5 Å².